The Morgan fingerprint density at radius 3 is 2.67 bits per heavy atom. The summed E-state index contributed by atoms with van der Waals surface area (Å²) in [6.45, 7) is 1.24. The maximum Gasteiger partial charge on any atom is 0.330 e. The normalized spacial score (nSPS) is 16.0. The number of carbonyl (C=O) groups excluding carboxylic acids is 1. The van der Waals surface area contributed by atoms with Crippen LogP contribution in [0.15, 0.2) is 64.8 Å². The highest BCUT2D eigenvalue weighted by molar-refractivity contribution is 7.17. The Labute approximate surface area is 227 Å². The second-order valence-electron chi connectivity index (χ2n) is 9.40. The predicted octanol–water partition coefficient (Wildman–Crippen LogP) is 2.86. The molecule has 11 heteroatoms. The van der Waals surface area contributed by atoms with Gasteiger partial charge in [-0.15, -0.1) is 11.3 Å². The van der Waals surface area contributed by atoms with Gasteiger partial charge in [-0.3, -0.25) is 14.2 Å². The SMILES string of the molecule is N#Cc1ccccc1Cn1c(N2CCC[C@@H](N)C2)nc2c(C(=O)NC(C(=O)O)c3ccccc3)csc2c1=O. The molecule has 10 nitrogen and oxygen atoms in total. The Balaban J connectivity index is 1.59. The van der Waals surface area contributed by atoms with Crippen molar-refractivity contribution in [3.63, 3.8) is 0 Å². The van der Waals surface area contributed by atoms with Crippen molar-refractivity contribution in [2.45, 2.75) is 31.5 Å². The van der Waals surface area contributed by atoms with Gasteiger partial charge in [-0.2, -0.15) is 5.26 Å². The van der Waals surface area contributed by atoms with Gasteiger partial charge >= 0.3 is 5.97 Å². The van der Waals surface area contributed by atoms with Crippen molar-refractivity contribution >= 4 is 39.4 Å². The molecule has 198 valence electrons. The van der Waals surface area contributed by atoms with Crippen LogP contribution in [-0.4, -0.2) is 45.7 Å². The van der Waals surface area contributed by atoms with Crippen LogP contribution in [0.1, 0.15) is 45.9 Å². The smallest absolute Gasteiger partial charge is 0.330 e. The molecule has 2 atom stereocenters. The minimum atomic E-state index is -1.27. The zero-order valence-electron chi connectivity index (χ0n) is 20.9. The fourth-order valence-electron chi connectivity index (χ4n) is 4.80. The van der Waals surface area contributed by atoms with E-state index in [4.69, 9.17) is 10.7 Å². The molecule has 4 N–H and O–H groups in total. The summed E-state index contributed by atoms with van der Waals surface area (Å²) >= 11 is 1.08. The summed E-state index contributed by atoms with van der Waals surface area (Å²) in [6.07, 6.45) is 1.67. The molecule has 2 aromatic heterocycles. The fraction of sp³-hybridized carbons (Fsp3) is 0.250. The van der Waals surface area contributed by atoms with E-state index in [2.05, 4.69) is 11.4 Å². The van der Waals surface area contributed by atoms with Gasteiger partial charge in [0.15, 0.2) is 6.04 Å². The number of hydrogen-bond donors (Lipinski definition) is 3. The lowest BCUT2D eigenvalue weighted by atomic mass is 10.1. The van der Waals surface area contributed by atoms with Gasteiger partial charge in [0.1, 0.15) is 10.2 Å². The van der Waals surface area contributed by atoms with Gasteiger partial charge in [-0.25, -0.2) is 9.78 Å². The maximum absolute atomic E-state index is 13.8. The molecule has 1 aliphatic heterocycles. The number of anilines is 1. The van der Waals surface area contributed by atoms with E-state index in [9.17, 15) is 24.8 Å². The van der Waals surface area contributed by atoms with Crippen molar-refractivity contribution in [2.24, 2.45) is 5.73 Å². The molecule has 1 unspecified atom stereocenters. The van der Waals surface area contributed by atoms with E-state index in [1.165, 1.54) is 9.95 Å². The monoisotopic (exact) mass is 542 g/mol. The van der Waals surface area contributed by atoms with Gasteiger partial charge in [-0.05, 0) is 30.0 Å². The molecule has 4 aromatic rings. The molecular weight excluding hydrogens is 516 g/mol. The first-order valence-electron chi connectivity index (χ1n) is 12.5. The lowest BCUT2D eigenvalue weighted by molar-refractivity contribution is -0.139. The highest BCUT2D eigenvalue weighted by Crippen LogP contribution is 2.27. The molecule has 0 bridgehead atoms. The molecule has 39 heavy (non-hydrogen) atoms. The lowest BCUT2D eigenvalue weighted by Crippen LogP contribution is -2.45. The topological polar surface area (TPSA) is 154 Å². The number of nitrogens with two attached hydrogens (primary N) is 1. The quantitative estimate of drug-likeness (QED) is 0.322. The number of aromatic nitrogens is 2. The summed E-state index contributed by atoms with van der Waals surface area (Å²) in [5.41, 5.74) is 7.78. The first kappa shape index (κ1) is 26.1. The predicted molar refractivity (Wildman–Crippen MR) is 148 cm³/mol. The zero-order valence-corrected chi connectivity index (χ0v) is 21.7. The Kier molecular flexibility index (Phi) is 7.40. The first-order valence-corrected chi connectivity index (χ1v) is 13.3. The van der Waals surface area contributed by atoms with Crippen LogP contribution < -0.4 is 21.5 Å². The molecule has 1 amide bonds. The van der Waals surface area contributed by atoms with Gasteiger partial charge in [0.25, 0.3) is 11.5 Å². The number of fused-ring (bicyclic) bond motifs is 1. The number of carboxylic acids is 1. The Bertz CT molecular complexity index is 1640. The average Bonchev–Trinajstić information content (AvgIpc) is 3.38. The molecule has 0 aliphatic carbocycles. The molecule has 5 rings (SSSR count). The largest absolute Gasteiger partial charge is 0.479 e. The Hall–Kier alpha value is -4.53. The summed E-state index contributed by atoms with van der Waals surface area (Å²) in [7, 11) is 0. The average molecular weight is 543 g/mol. The number of carboxylic acid groups (broad SMARTS) is 1. The number of rotatable bonds is 7. The summed E-state index contributed by atoms with van der Waals surface area (Å²) in [5, 5.41) is 23.4. The maximum atomic E-state index is 13.8. The summed E-state index contributed by atoms with van der Waals surface area (Å²) in [4.78, 5) is 45.9. The van der Waals surface area contributed by atoms with Crippen molar-refractivity contribution in [1.82, 2.24) is 14.9 Å². The molecule has 2 aromatic carbocycles. The van der Waals surface area contributed by atoms with Crippen LogP contribution in [0.4, 0.5) is 5.95 Å². The molecule has 1 fully saturated rings. The number of benzene rings is 2. The number of amides is 1. The van der Waals surface area contributed by atoms with Gasteiger partial charge in [0, 0.05) is 24.5 Å². The third-order valence-electron chi connectivity index (χ3n) is 6.76. The number of thiophene rings is 1. The summed E-state index contributed by atoms with van der Waals surface area (Å²) < 4.78 is 1.80. The van der Waals surface area contributed by atoms with Crippen LogP contribution in [0.2, 0.25) is 0 Å². The second-order valence-corrected chi connectivity index (χ2v) is 10.3. The molecule has 0 spiro atoms. The molecule has 1 aliphatic rings. The minimum absolute atomic E-state index is 0.0985. The van der Waals surface area contributed by atoms with Crippen LogP contribution in [-0.2, 0) is 11.3 Å². The van der Waals surface area contributed by atoms with Crippen LogP contribution in [0.3, 0.4) is 0 Å². The Morgan fingerprint density at radius 2 is 1.95 bits per heavy atom. The van der Waals surface area contributed by atoms with Crippen LogP contribution in [0.5, 0.6) is 0 Å². The first-order chi connectivity index (χ1) is 18.9. The number of carbonyl (C=O) groups is 2. The number of nitrogens with one attached hydrogen (secondary N) is 1. The number of nitrogens with zero attached hydrogens (tertiary/aromatic N) is 4. The highest BCUT2D eigenvalue weighted by Gasteiger charge is 2.28. The second kappa shape index (κ2) is 11.1. The molecule has 0 radical (unpaired) electrons. The van der Waals surface area contributed by atoms with E-state index in [1.807, 2.05) is 11.0 Å². The van der Waals surface area contributed by atoms with Crippen molar-refractivity contribution < 1.29 is 14.7 Å². The van der Waals surface area contributed by atoms with E-state index in [0.717, 1.165) is 24.2 Å². The van der Waals surface area contributed by atoms with Crippen LogP contribution >= 0.6 is 11.3 Å². The molecule has 0 saturated carbocycles. The fourth-order valence-corrected chi connectivity index (χ4v) is 5.74. The number of aliphatic carboxylic acids is 1. The minimum Gasteiger partial charge on any atom is -0.479 e. The third kappa shape index (κ3) is 5.25. The van der Waals surface area contributed by atoms with Gasteiger partial charge in [-0.1, -0.05) is 48.5 Å². The number of hydrogen-bond acceptors (Lipinski definition) is 8. The van der Waals surface area contributed by atoms with Gasteiger partial charge in [0.2, 0.25) is 5.95 Å². The number of nitriles is 1. The summed E-state index contributed by atoms with van der Waals surface area (Å²) in [5.74, 6) is -1.48. The van der Waals surface area contributed by atoms with Crippen LogP contribution in [0.25, 0.3) is 10.2 Å². The summed E-state index contributed by atoms with van der Waals surface area (Å²) in [6, 6.07) is 16.3. The van der Waals surface area contributed by atoms with Crippen molar-refractivity contribution in [2.75, 3.05) is 18.0 Å². The molecule has 3 heterocycles. The van der Waals surface area contributed by atoms with Crippen molar-refractivity contribution in [1.29, 1.82) is 5.26 Å². The van der Waals surface area contributed by atoms with E-state index in [-0.39, 0.29) is 33.9 Å². The highest BCUT2D eigenvalue weighted by atomic mass is 32.1. The lowest BCUT2D eigenvalue weighted by Gasteiger charge is -2.33. The van der Waals surface area contributed by atoms with Crippen molar-refractivity contribution in [3.05, 3.63) is 92.6 Å². The van der Waals surface area contributed by atoms with E-state index in [1.54, 1.807) is 48.5 Å². The van der Waals surface area contributed by atoms with E-state index in [0.29, 0.717) is 35.7 Å². The van der Waals surface area contributed by atoms with Gasteiger partial charge in [0.05, 0.1) is 23.7 Å². The third-order valence-corrected chi connectivity index (χ3v) is 7.72. The number of piperidine rings is 1. The van der Waals surface area contributed by atoms with E-state index >= 15 is 0 Å². The standard InChI is InChI=1S/C28H26N6O4S/c29-13-18-9-4-5-10-19(18)14-34-26(36)24-23(32-28(34)33-12-6-11-20(30)15-33)21(16-39-24)25(35)31-22(27(37)38)17-7-2-1-3-8-17/h1-5,7-10,16,20,22H,6,11-12,14-15,30H2,(H,31,35)(H,37,38)/t20-,22?/m1/s1. The zero-order chi connectivity index (χ0) is 27.5. The van der Waals surface area contributed by atoms with E-state index < -0.39 is 17.9 Å². The molecule has 1 saturated heterocycles. The Morgan fingerprint density at radius 1 is 1.21 bits per heavy atom. The molecular formula is C28H26N6O4S. The van der Waals surface area contributed by atoms with Gasteiger partial charge < -0.3 is 21.1 Å². The van der Waals surface area contributed by atoms with Crippen LogP contribution in [0, 0.1) is 11.3 Å². The van der Waals surface area contributed by atoms with Crippen molar-refractivity contribution in [3.8, 4) is 6.07 Å².